The highest BCUT2D eigenvalue weighted by molar-refractivity contribution is 7.12. The standard InChI is InChI=1S/C20H23N3O4S/c1-26-14-8-13(9-15(10-14)27-2)21-20(25)23-11-12-6-16(17(23)7-12)22-19(24)18-4-3-5-28-18/h3-5,8-10,12,16-17H,6-7,11H2,1-2H3,(H,21,25)(H,22,24). The van der Waals surface area contributed by atoms with Gasteiger partial charge in [-0.2, -0.15) is 0 Å². The summed E-state index contributed by atoms with van der Waals surface area (Å²) in [7, 11) is 3.14. The van der Waals surface area contributed by atoms with E-state index in [4.69, 9.17) is 9.47 Å². The van der Waals surface area contributed by atoms with Crippen molar-refractivity contribution in [3.63, 3.8) is 0 Å². The summed E-state index contributed by atoms with van der Waals surface area (Å²) in [5, 5.41) is 7.93. The van der Waals surface area contributed by atoms with Gasteiger partial charge in [0.15, 0.2) is 0 Å². The molecule has 148 valence electrons. The largest absolute Gasteiger partial charge is 0.497 e. The Hall–Kier alpha value is -2.74. The summed E-state index contributed by atoms with van der Waals surface area (Å²) < 4.78 is 10.5. The molecule has 0 radical (unpaired) electrons. The Bertz CT molecular complexity index is 848. The van der Waals surface area contributed by atoms with Crippen molar-refractivity contribution in [1.82, 2.24) is 10.2 Å². The number of anilines is 1. The molecule has 3 amide bonds. The monoisotopic (exact) mass is 401 g/mol. The number of ether oxygens (including phenoxy) is 2. The molecule has 28 heavy (non-hydrogen) atoms. The van der Waals surface area contributed by atoms with Crippen molar-refractivity contribution in [3.05, 3.63) is 40.6 Å². The molecule has 2 bridgehead atoms. The lowest BCUT2D eigenvalue weighted by Crippen LogP contribution is -2.52. The van der Waals surface area contributed by atoms with Gasteiger partial charge in [-0.25, -0.2) is 4.79 Å². The van der Waals surface area contributed by atoms with Crippen LogP contribution < -0.4 is 20.1 Å². The van der Waals surface area contributed by atoms with Crippen LogP contribution in [0.3, 0.4) is 0 Å². The number of carbonyl (C=O) groups excluding carboxylic acids is 2. The van der Waals surface area contributed by atoms with E-state index in [1.807, 2.05) is 22.4 Å². The van der Waals surface area contributed by atoms with Gasteiger partial charge >= 0.3 is 6.03 Å². The second-order valence-corrected chi connectivity index (χ2v) is 8.09. The predicted molar refractivity (Wildman–Crippen MR) is 107 cm³/mol. The number of amides is 3. The van der Waals surface area contributed by atoms with E-state index in [2.05, 4.69) is 10.6 Å². The fourth-order valence-electron chi connectivity index (χ4n) is 4.14. The lowest BCUT2D eigenvalue weighted by Gasteiger charge is -2.33. The fraction of sp³-hybridized carbons (Fsp3) is 0.400. The molecule has 1 saturated carbocycles. The number of carbonyl (C=O) groups is 2. The van der Waals surface area contributed by atoms with Gasteiger partial charge in [0, 0.05) is 30.4 Å². The number of thiophene rings is 1. The zero-order chi connectivity index (χ0) is 19.7. The normalized spacial score (nSPS) is 22.8. The summed E-state index contributed by atoms with van der Waals surface area (Å²) in [5.74, 6) is 1.58. The van der Waals surface area contributed by atoms with Crippen molar-refractivity contribution in [1.29, 1.82) is 0 Å². The number of likely N-dealkylation sites (tertiary alicyclic amines) is 1. The Labute approximate surface area is 167 Å². The van der Waals surface area contributed by atoms with Crippen molar-refractivity contribution in [3.8, 4) is 11.5 Å². The van der Waals surface area contributed by atoms with Gasteiger partial charge in [0.25, 0.3) is 5.91 Å². The molecule has 3 unspecified atom stereocenters. The predicted octanol–water partition coefficient (Wildman–Crippen LogP) is 3.19. The quantitative estimate of drug-likeness (QED) is 0.806. The highest BCUT2D eigenvalue weighted by Gasteiger charge is 2.47. The maximum Gasteiger partial charge on any atom is 0.322 e. The minimum Gasteiger partial charge on any atom is -0.497 e. The maximum atomic E-state index is 12.9. The third-order valence-corrected chi connectivity index (χ3v) is 6.28. The summed E-state index contributed by atoms with van der Waals surface area (Å²) in [4.78, 5) is 27.8. The SMILES string of the molecule is COc1cc(NC(=O)N2CC3CC(NC(=O)c4cccs4)C2C3)cc(OC)c1. The molecule has 2 aromatic rings. The van der Waals surface area contributed by atoms with Crippen molar-refractivity contribution in [2.24, 2.45) is 5.92 Å². The first-order chi connectivity index (χ1) is 13.6. The Morgan fingerprint density at radius 2 is 1.89 bits per heavy atom. The number of hydrogen-bond acceptors (Lipinski definition) is 5. The van der Waals surface area contributed by atoms with E-state index >= 15 is 0 Å². The lowest BCUT2D eigenvalue weighted by molar-refractivity contribution is 0.0910. The molecule has 4 rings (SSSR count). The Kier molecular flexibility index (Phi) is 5.13. The second kappa shape index (κ2) is 7.71. The van der Waals surface area contributed by atoms with Gasteiger partial charge in [-0.15, -0.1) is 11.3 Å². The van der Waals surface area contributed by atoms with Crippen molar-refractivity contribution in [2.75, 3.05) is 26.1 Å². The Balaban J connectivity index is 1.43. The van der Waals surface area contributed by atoms with Crippen molar-refractivity contribution < 1.29 is 19.1 Å². The van der Waals surface area contributed by atoms with Crippen LogP contribution in [-0.4, -0.2) is 49.7 Å². The van der Waals surface area contributed by atoms with E-state index in [0.29, 0.717) is 34.5 Å². The Morgan fingerprint density at radius 3 is 2.50 bits per heavy atom. The van der Waals surface area contributed by atoms with Gasteiger partial charge in [-0.05, 0) is 30.2 Å². The van der Waals surface area contributed by atoms with Gasteiger partial charge in [0.1, 0.15) is 11.5 Å². The first-order valence-electron chi connectivity index (χ1n) is 9.22. The van der Waals surface area contributed by atoms with Crippen LogP contribution in [0.1, 0.15) is 22.5 Å². The number of hydrogen-bond donors (Lipinski definition) is 2. The zero-order valence-corrected chi connectivity index (χ0v) is 16.6. The Morgan fingerprint density at radius 1 is 1.14 bits per heavy atom. The van der Waals surface area contributed by atoms with Crippen molar-refractivity contribution >= 4 is 29.0 Å². The number of rotatable bonds is 5. The molecule has 3 atom stereocenters. The minimum absolute atomic E-state index is 0.0149. The molecule has 2 N–H and O–H groups in total. The molecule has 1 aromatic heterocycles. The average Bonchev–Trinajstić information content (AvgIpc) is 3.44. The molecular formula is C20H23N3O4S. The molecule has 1 aliphatic carbocycles. The number of urea groups is 1. The van der Waals surface area contributed by atoms with Crippen LogP contribution >= 0.6 is 11.3 Å². The highest BCUT2D eigenvalue weighted by Crippen LogP contribution is 2.38. The zero-order valence-electron chi connectivity index (χ0n) is 15.8. The first-order valence-corrected chi connectivity index (χ1v) is 10.1. The van der Waals surface area contributed by atoms with E-state index in [1.54, 1.807) is 32.4 Å². The molecule has 2 aliphatic rings. The summed E-state index contributed by atoms with van der Waals surface area (Å²) >= 11 is 1.42. The van der Waals surface area contributed by atoms with Gasteiger partial charge in [0.05, 0.1) is 31.2 Å². The molecule has 1 saturated heterocycles. The van der Waals surface area contributed by atoms with Crippen LogP contribution in [0, 0.1) is 5.92 Å². The number of nitrogens with one attached hydrogen (secondary N) is 2. The van der Waals surface area contributed by atoms with Gasteiger partial charge in [0.2, 0.25) is 0 Å². The molecule has 1 aliphatic heterocycles. The van der Waals surface area contributed by atoms with E-state index in [0.717, 1.165) is 12.8 Å². The van der Waals surface area contributed by atoms with Crippen LogP contribution in [0.2, 0.25) is 0 Å². The third kappa shape index (κ3) is 3.64. The van der Waals surface area contributed by atoms with Crippen LogP contribution in [0.15, 0.2) is 35.7 Å². The average molecular weight is 401 g/mol. The molecule has 1 aromatic carbocycles. The smallest absolute Gasteiger partial charge is 0.322 e. The molecule has 7 nitrogen and oxygen atoms in total. The van der Waals surface area contributed by atoms with Crippen LogP contribution in [0.5, 0.6) is 11.5 Å². The maximum absolute atomic E-state index is 12.9. The number of fused-ring (bicyclic) bond motifs is 2. The van der Waals surface area contributed by atoms with E-state index in [-0.39, 0.29) is 24.0 Å². The number of methoxy groups -OCH3 is 2. The highest BCUT2D eigenvalue weighted by atomic mass is 32.1. The second-order valence-electron chi connectivity index (χ2n) is 7.15. The van der Waals surface area contributed by atoms with Crippen LogP contribution in [0.4, 0.5) is 10.5 Å². The summed E-state index contributed by atoms with van der Waals surface area (Å²) in [6.07, 6.45) is 1.84. The minimum atomic E-state index is -0.169. The van der Waals surface area contributed by atoms with Gasteiger partial charge in [-0.1, -0.05) is 6.07 Å². The summed E-state index contributed by atoms with van der Waals surface area (Å²) in [5.41, 5.74) is 0.614. The fourth-order valence-corrected chi connectivity index (χ4v) is 4.76. The molecule has 2 heterocycles. The van der Waals surface area contributed by atoms with Crippen molar-refractivity contribution in [2.45, 2.75) is 24.9 Å². The van der Waals surface area contributed by atoms with E-state index in [1.165, 1.54) is 11.3 Å². The number of nitrogens with zero attached hydrogens (tertiary/aromatic N) is 1. The van der Waals surface area contributed by atoms with Gasteiger partial charge < -0.3 is 25.0 Å². The molecule has 0 spiro atoms. The summed E-state index contributed by atoms with van der Waals surface area (Å²) in [6, 6.07) is 8.77. The summed E-state index contributed by atoms with van der Waals surface area (Å²) in [6.45, 7) is 0.711. The van der Waals surface area contributed by atoms with Crippen LogP contribution in [0.25, 0.3) is 0 Å². The van der Waals surface area contributed by atoms with E-state index < -0.39 is 0 Å². The van der Waals surface area contributed by atoms with Gasteiger partial charge in [-0.3, -0.25) is 4.79 Å². The lowest BCUT2D eigenvalue weighted by atomic mass is 10.1. The first kappa shape index (κ1) is 18.6. The molecule has 2 fully saturated rings. The molecular weight excluding hydrogens is 378 g/mol. The third-order valence-electron chi connectivity index (χ3n) is 5.41. The van der Waals surface area contributed by atoms with Crippen LogP contribution in [-0.2, 0) is 0 Å². The number of benzene rings is 1. The number of piperidine rings is 1. The molecule has 8 heteroatoms. The topological polar surface area (TPSA) is 79.9 Å². The van der Waals surface area contributed by atoms with E-state index in [9.17, 15) is 9.59 Å².